The van der Waals surface area contributed by atoms with Gasteiger partial charge in [-0.25, -0.2) is 13.1 Å². The number of rotatable bonds is 5. The van der Waals surface area contributed by atoms with Gasteiger partial charge < -0.3 is 5.11 Å². The lowest BCUT2D eigenvalue weighted by molar-refractivity contribution is 0.213. The molecule has 1 aromatic rings. The van der Waals surface area contributed by atoms with Crippen molar-refractivity contribution < 1.29 is 13.5 Å². The number of aliphatic hydroxyl groups is 1. The average Bonchev–Trinajstić information content (AvgIpc) is 2.77. The molecule has 15 heavy (non-hydrogen) atoms. The van der Waals surface area contributed by atoms with Gasteiger partial charge in [-0.2, -0.15) is 5.10 Å². The Morgan fingerprint density at radius 2 is 2.33 bits per heavy atom. The van der Waals surface area contributed by atoms with Crippen molar-refractivity contribution in [3.05, 3.63) is 12.4 Å². The molecule has 6 nitrogen and oxygen atoms in total. The molecular formula is C8H13N3O3S. The van der Waals surface area contributed by atoms with E-state index in [1.54, 1.807) is 0 Å². The van der Waals surface area contributed by atoms with E-state index >= 15 is 0 Å². The molecule has 2 rings (SSSR count). The molecule has 0 radical (unpaired) electrons. The van der Waals surface area contributed by atoms with Crippen LogP contribution in [0.3, 0.4) is 0 Å². The minimum atomic E-state index is -3.48. The number of aromatic nitrogens is 2. The highest BCUT2D eigenvalue weighted by Gasteiger charge is 2.42. The van der Waals surface area contributed by atoms with E-state index < -0.39 is 10.0 Å². The van der Waals surface area contributed by atoms with Crippen LogP contribution >= 0.6 is 0 Å². The van der Waals surface area contributed by atoms with E-state index in [2.05, 4.69) is 14.9 Å². The number of nitrogens with zero attached hydrogens (tertiary/aromatic N) is 1. The van der Waals surface area contributed by atoms with Gasteiger partial charge in [-0.3, -0.25) is 5.10 Å². The number of aliphatic hydroxyl groups excluding tert-OH is 1. The first-order valence-corrected chi connectivity index (χ1v) is 6.16. The summed E-state index contributed by atoms with van der Waals surface area (Å²) in [6.45, 7) is 0.317. The van der Waals surface area contributed by atoms with Crippen molar-refractivity contribution in [2.24, 2.45) is 5.41 Å². The summed E-state index contributed by atoms with van der Waals surface area (Å²) in [7, 11) is -3.48. The van der Waals surface area contributed by atoms with Gasteiger partial charge in [-0.1, -0.05) is 0 Å². The number of aromatic amines is 1. The fourth-order valence-electron chi connectivity index (χ4n) is 1.29. The van der Waals surface area contributed by atoms with E-state index in [4.69, 9.17) is 5.11 Å². The second kappa shape index (κ2) is 3.58. The van der Waals surface area contributed by atoms with Crippen molar-refractivity contribution >= 4 is 10.0 Å². The van der Waals surface area contributed by atoms with Gasteiger partial charge in [0.2, 0.25) is 10.0 Å². The third-order valence-corrected chi connectivity index (χ3v) is 4.08. The number of sulfonamides is 1. The first-order chi connectivity index (χ1) is 7.08. The zero-order chi connectivity index (χ0) is 10.9. The normalized spacial score (nSPS) is 19.0. The first kappa shape index (κ1) is 10.6. The second-order valence-corrected chi connectivity index (χ2v) is 5.68. The van der Waals surface area contributed by atoms with Crippen molar-refractivity contribution in [2.45, 2.75) is 17.7 Å². The summed E-state index contributed by atoms with van der Waals surface area (Å²) in [5, 5.41) is 15.0. The lowest BCUT2D eigenvalue weighted by Gasteiger charge is -2.11. The Bertz CT molecular complexity index is 422. The van der Waals surface area contributed by atoms with Crippen LogP contribution in [0, 0.1) is 5.41 Å². The van der Waals surface area contributed by atoms with Crippen LogP contribution in [0.2, 0.25) is 0 Å². The second-order valence-electron chi connectivity index (χ2n) is 3.92. The van der Waals surface area contributed by atoms with Crippen LogP contribution in [-0.4, -0.2) is 36.9 Å². The van der Waals surface area contributed by atoms with Crippen LogP contribution in [-0.2, 0) is 10.0 Å². The van der Waals surface area contributed by atoms with Gasteiger partial charge in [-0.05, 0) is 12.8 Å². The number of hydrogen-bond acceptors (Lipinski definition) is 4. The van der Waals surface area contributed by atoms with Crippen LogP contribution in [0.4, 0.5) is 0 Å². The highest BCUT2D eigenvalue weighted by atomic mass is 32.2. The van der Waals surface area contributed by atoms with E-state index in [-0.39, 0.29) is 23.5 Å². The van der Waals surface area contributed by atoms with Crippen LogP contribution in [0.1, 0.15) is 12.8 Å². The van der Waals surface area contributed by atoms with Crippen LogP contribution in [0.5, 0.6) is 0 Å². The Kier molecular flexibility index (Phi) is 2.53. The highest BCUT2D eigenvalue weighted by molar-refractivity contribution is 7.89. The molecule has 1 aromatic heterocycles. The Labute approximate surface area is 87.8 Å². The fraction of sp³-hybridized carbons (Fsp3) is 0.625. The third-order valence-electron chi connectivity index (χ3n) is 2.71. The Balaban J connectivity index is 2.00. The van der Waals surface area contributed by atoms with Crippen molar-refractivity contribution in [1.29, 1.82) is 0 Å². The predicted octanol–water partition coefficient (Wildman–Crippen LogP) is -0.540. The Hall–Kier alpha value is -0.920. The summed E-state index contributed by atoms with van der Waals surface area (Å²) >= 11 is 0. The summed E-state index contributed by atoms with van der Waals surface area (Å²) in [5.74, 6) is 0. The van der Waals surface area contributed by atoms with Crippen LogP contribution in [0.25, 0.3) is 0 Å². The monoisotopic (exact) mass is 231 g/mol. The molecule has 0 amide bonds. The Morgan fingerprint density at radius 3 is 2.80 bits per heavy atom. The lowest BCUT2D eigenvalue weighted by atomic mass is 10.1. The Morgan fingerprint density at radius 1 is 1.60 bits per heavy atom. The van der Waals surface area contributed by atoms with Gasteiger partial charge in [0.25, 0.3) is 0 Å². The predicted molar refractivity (Wildman–Crippen MR) is 52.5 cm³/mol. The smallest absolute Gasteiger partial charge is 0.243 e. The number of hydrogen-bond donors (Lipinski definition) is 3. The molecule has 1 aliphatic rings. The first-order valence-electron chi connectivity index (χ1n) is 4.67. The molecular weight excluding hydrogens is 218 g/mol. The zero-order valence-electron chi connectivity index (χ0n) is 8.10. The maximum atomic E-state index is 11.6. The number of H-pyrrole nitrogens is 1. The average molecular weight is 231 g/mol. The van der Waals surface area contributed by atoms with E-state index in [0.717, 1.165) is 12.8 Å². The molecule has 0 atom stereocenters. The summed E-state index contributed by atoms with van der Waals surface area (Å²) < 4.78 is 25.7. The van der Waals surface area contributed by atoms with Gasteiger partial charge in [0.15, 0.2) is 0 Å². The molecule has 1 heterocycles. The van der Waals surface area contributed by atoms with Gasteiger partial charge >= 0.3 is 0 Å². The van der Waals surface area contributed by atoms with Crippen molar-refractivity contribution in [3.8, 4) is 0 Å². The van der Waals surface area contributed by atoms with E-state index in [0.29, 0.717) is 0 Å². The molecule has 0 bridgehead atoms. The molecule has 7 heteroatoms. The molecule has 0 saturated heterocycles. The topological polar surface area (TPSA) is 95.1 Å². The van der Waals surface area contributed by atoms with E-state index in [1.807, 2.05) is 0 Å². The van der Waals surface area contributed by atoms with Crippen molar-refractivity contribution in [2.75, 3.05) is 13.2 Å². The summed E-state index contributed by atoms with van der Waals surface area (Å²) in [5.41, 5.74) is -0.225. The molecule has 0 aliphatic heterocycles. The SMILES string of the molecule is O=S(=O)(NCC1(CO)CC1)c1cn[nH]c1. The van der Waals surface area contributed by atoms with Crippen molar-refractivity contribution in [1.82, 2.24) is 14.9 Å². The molecule has 1 saturated carbocycles. The summed E-state index contributed by atoms with van der Waals surface area (Å²) in [6.07, 6.45) is 4.32. The third kappa shape index (κ3) is 2.19. The maximum Gasteiger partial charge on any atom is 0.243 e. The van der Waals surface area contributed by atoms with E-state index in [1.165, 1.54) is 12.4 Å². The molecule has 3 N–H and O–H groups in total. The fourth-order valence-corrected chi connectivity index (χ4v) is 2.35. The highest BCUT2D eigenvalue weighted by Crippen LogP contribution is 2.44. The van der Waals surface area contributed by atoms with Gasteiger partial charge in [-0.15, -0.1) is 0 Å². The standard InChI is InChI=1S/C8H13N3O3S/c12-6-8(1-2-8)5-11-15(13,14)7-3-9-10-4-7/h3-4,11-12H,1-2,5-6H2,(H,9,10). The van der Waals surface area contributed by atoms with Crippen LogP contribution in [0.15, 0.2) is 17.3 Å². The minimum Gasteiger partial charge on any atom is -0.396 e. The minimum absolute atomic E-state index is 0.0287. The van der Waals surface area contributed by atoms with Gasteiger partial charge in [0.1, 0.15) is 4.90 Å². The maximum absolute atomic E-state index is 11.6. The molecule has 0 spiro atoms. The van der Waals surface area contributed by atoms with Crippen LogP contribution < -0.4 is 4.72 Å². The largest absolute Gasteiger partial charge is 0.396 e. The number of nitrogens with one attached hydrogen (secondary N) is 2. The quantitative estimate of drug-likeness (QED) is 0.634. The van der Waals surface area contributed by atoms with Gasteiger partial charge in [0.05, 0.1) is 6.20 Å². The summed E-state index contributed by atoms with van der Waals surface area (Å²) in [6, 6.07) is 0. The molecule has 0 aromatic carbocycles. The summed E-state index contributed by atoms with van der Waals surface area (Å²) in [4.78, 5) is 0.122. The lowest BCUT2D eigenvalue weighted by Crippen LogP contribution is -2.31. The van der Waals surface area contributed by atoms with Crippen molar-refractivity contribution in [3.63, 3.8) is 0 Å². The van der Waals surface area contributed by atoms with Gasteiger partial charge in [0, 0.05) is 24.8 Å². The molecule has 0 unspecified atom stereocenters. The molecule has 1 fully saturated rings. The zero-order valence-corrected chi connectivity index (χ0v) is 8.92. The van der Waals surface area contributed by atoms with E-state index in [9.17, 15) is 8.42 Å². The molecule has 1 aliphatic carbocycles. The molecule has 84 valence electrons.